The molecule has 0 aromatic rings. The van der Waals surface area contributed by atoms with Crippen LogP contribution in [-0.2, 0) is 9.59 Å². The third kappa shape index (κ3) is 4.64. The lowest BCUT2D eigenvalue weighted by Gasteiger charge is -2.30. The van der Waals surface area contributed by atoms with E-state index >= 15 is 0 Å². The molecule has 0 spiro atoms. The van der Waals surface area contributed by atoms with Gasteiger partial charge in [0.1, 0.15) is 0 Å². The summed E-state index contributed by atoms with van der Waals surface area (Å²) >= 11 is 0. The second-order valence-corrected chi connectivity index (χ2v) is 4.80. The molecule has 0 aromatic heterocycles. The fourth-order valence-electron chi connectivity index (χ4n) is 1.39. The largest absolute Gasteiger partial charge is 0.481 e. The first-order valence-electron chi connectivity index (χ1n) is 5.79. The maximum atomic E-state index is 12.1. The average Bonchev–Trinajstić information content (AvgIpc) is 2.15. The van der Waals surface area contributed by atoms with Gasteiger partial charge in [-0.05, 0) is 19.8 Å². The van der Waals surface area contributed by atoms with E-state index in [2.05, 4.69) is 0 Å². The fraction of sp³-hybridized carbons (Fsp3) is 0.833. The molecule has 1 amide bonds. The molecule has 1 atom stereocenters. The fourth-order valence-corrected chi connectivity index (χ4v) is 1.39. The number of carboxylic acid groups (broad SMARTS) is 1. The van der Waals surface area contributed by atoms with E-state index in [0.717, 1.165) is 0 Å². The van der Waals surface area contributed by atoms with E-state index in [0.29, 0.717) is 6.54 Å². The lowest BCUT2D eigenvalue weighted by atomic mass is 9.96. The standard InChI is InChI=1S/C12H23NO3/c1-8(2)10(5)12(16)13(9(3)4)7-6-11(14)15/h8-10H,6-7H2,1-5H3,(H,14,15). The zero-order valence-corrected chi connectivity index (χ0v) is 10.9. The van der Waals surface area contributed by atoms with Crippen LogP contribution < -0.4 is 0 Å². The third-order valence-electron chi connectivity index (χ3n) is 2.86. The minimum atomic E-state index is -0.865. The Balaban J connectivity index is 4.53. The number of nitrogens with zero attached hydrogens (tertiary/aromatic N) is 1. The SMILES string of the molecule is CC(C)C(C)C(=O)N(CCC(=O)O)C(C)C. The summed E-state index contributed by atoms with van der Waals surface area (Å²) in [5.41, 5.74) is 0. The van der Waals surface area contributed by atoms with Crippen LogP contribution in [0.1, 0.15) is 41.0 Å². The Kier molecular flexibility index (Phi) is 6.08. The number of carbonyl (C=O) groups is 2. The molecule has 4 heteroatoms. The van der Waals surface area contributed by atoms with Gasteiger partial charge in [-0.25, -0.2) is 0 Å². The molecule has 0 saturated heterocycles. The lowest BCUT2D eigenvalue weighted by molar-refractivity contribution is -0.141. The first-order valence-corrected chi connectivity index (χ1v) is 5.79. The van der Waals surface area contributed by atoms with Gasteiger partial charge in [0.25, 0.3) is 0 Å². The molecule has 0 aliphatic heterocycles. The van der Waals surface area contributed by atoms with E-state index in [1.165, 1.54) is 0 Å². The Morgan fingerprint density at radius 2 is 1.62 bits per heavy atom. The van der Waals surface area contributed by atoms with E-state index in [9.17, 15) is 9.59 Å². The summed E-state index contributed by atoms with van der Waals surface area (Å²) in [7, 11) is 0. The molecule has 0 bridgehead atoms. The van der Waals surface area contributed by atoms with E-state index in [1.807, 2.05) is 34.6 Å². The predicted molar refractivity (Wildman–Crippen MR) is 63.1 cm³/mol. The molecule has 94 valence electrons. The summed E-state index contributed by atoms with van der Waals surface area (Å²) in [4.78, 5) is 24.2. The maximum absolute atomic E-state index is 12.1. The van der Waals surface area contributed by atoms with Crippen LogP contribution in [0.15, 0.2) is 0 Å². The molecule has 1 N–H and O–H groups in total. The zero-order chi connectivity index (χ0) is 12.9. The summed E-state index contributed by atoms with van der Waals surface area (Å²) in [5.74, 6) is -0.600. The highest BCUT2D eigenvalue weighted by Gasteiger charge is 2.25. The van der Waals surface area contributed by atoms with Crippen molar-refractivity contribution in [3.63, 3.8) is 0 Å². The smallest absolute Gasteiger partial charge is 0.305 e. The molecule has 0 aromatic carbocycles. The van der Waals surface area contributed by atoms with E-state index in [4.69, 9.17) is 5.11 Å². The Morgan fingerprint density at radius 3 is 1.94 bits per heavy atom. The molecule has 1 unspecified atom stereocenters. The number of hydrogen-bond acceptors (Lipinski definition) is 2. The van der Waals surface area contributed by atoms with Crippen molar-refractivity contribution in [2.45, 2.75) is 47.1 Å². The maximum Gasteiger partial charge on any atom is 0.305 e. The second kappa shape index (κ2) is 6.51. The molecule has 0 aliphatic rings. The molecule has 4 nitrogen and oxygen atoms in total. The normalized spacial score (nSPS) is 12.9. The van der Waals surface area contributed by atoms with Gasteiger partial charge in [0.15, 0.2) is 0 Å². The van der Waals surface area contributed by atoms with E-state index < -0.39 is 5.97 Å². The van der Waals surface area contributed by atoms with Gasteiger partial charge < -0.3 is 10.0 Å². The van der Waals surface area contributed by atoms with Crippen molar-refractivity contribution < 1.29 is 14.7 Å². The molecule has 0 heterocycles. The van der Waals surface area contributed by atoms with Gasteiger partial charge in [-0.3, -0.25) is 9.59 Å². The summed E-state index contributed by atoms with van der Waals surface area (Å²) in [6.07, 6.45) is 0.00867. The quantitative estimate of drug-likeness (QED) is 0.757. The number of carbonyl (C=O) groups excluding carboxylic acids is 1. The van der Waals surface area contributed by atoms with Crippen molar-refractivity contribution in [2.24, 2.45) is 11.8 Å². The zero-order valence-electron chi connectivity index (χ0n) is 10.9. The van der Waals surface area contributed by atoms with Crippen LogP contribution in [0.25, 0.3) is 0 Å². The third-order valence-corrected chi connectivity index (χ3v) is 2.86. The van der Waals surface area contributed by atoms with E-state index in [-0.39, 0.29) is 30.2 Å². The molecular formula is C12H23NO3. The van der Waals surface area contributed by atoms with Crippen LogP contribution in [0.3, 0.4) is 0 Å². The number of carboxylic acids is 1. The topological polar surface area (TPSA) is 57.6 Å². The van der Waals surface area contributed by atoms with Crippen LogP contribution in [-0.4, -0.2) is 34.5 Å². The number of hydrogen-bond donors (Lipinski definition) is 1. The van der Waals surface area contributed by atoms with Crippen molar-refractivity contribution in [1.82, 2.24) is 4.90 Å². The highest BCUT2D eigenvalue weighted by molar-refractivity contribution is 5.79. The van der Waals surface area contributed by atoms with Crippen LogP contribution in [0.5, 0.6) is 0 Å². The Morgan fingerprint density at radius 1 is 1.12 bits per heavy atom. The van der Waals surface area contributed by atoms with Gasteiger partial charge in [-0.15, -0.1) is 0 Å². The molecule has 16 heavy (non-hydrogen) atoms. The minimum absolute atomic E-state index is 0.00867. The summed E-state index contributed by atoms with van der Waals surface area (Å²) in [5, 5.41) is 8.64. The van der Waals surface area contributed by atoms with E-state index in [1.54, 1.807) is 4.90 Å². The minimum Gasteiger partial charge on any atom is -0.481 e. The van der Waals surface area contributed by atoms with Crippen molar-refractivity contribution >= 4 is 11.9 Å². The second-order valence-electron chi connectivity index (χ2n) is 4.80. The van der Waals surface area contributed by atoms with Crippen LogP contribution in [0.4, 0.5) is 0 Å². The van der Waals surface area contributed by atoms with Crippen molar-refractivity contribution in [2.75, 3.05) is 6.54 Å². The van der Waals surface area contributed by atoms with Crippen LogP contribution in [0, 0.1) is 11.8 Å². The highest BCUT2D eigenvalue weighted by atomic mass is 16.4. The summed E-state index contributed by atoms with van der Waals surface area (Å²) < 4.78 is 0. The Labute approximate surface area is 97.6 Å². The van der Waals surface area contributed by atoms with Gasteiger partial charge in [0, 0.05) is 18.5 Å². The van der Waals surface area contributed by atoms with Gasteiger partial charge in [-0.1, -0.05) is 20.8 Å². The van der Waals surface area contributed by atoms with Crippen LogP contribution in [0.2, 0.25) is 0 Å². The van der Waals surface area contributed by atoms with Crippen LogP contribution >= 0.6 is 0 Å². The number of aliphatic carboxylic acids is 1. The van der Waals surface area contributed by atoms with Gasteiger partial charge in [-0.2, -0.15) is 0 Å². The molecule has 0 rings (SSSR count). The molecule has 0 aliphatic carbocycles. The molecule has 0 saturated carbocycles. The summed E-state index contributed by atoms with van der Waals surface area (Å²) in [6, 6.07) is 0.0491. The highest BCUT2D eigenvalue weighted by Crippen LogP contribution is 2.15. The van der Waals surface area contributed by atoms with Gasteiger partial charge in [0.2, 0.25) is 5.91 Å². The van der Waals surface area contributed by atoms with Crippen molar-refractivity contribution in [3.8, 4) is 0 Å². The average molecular weight is 229 g/mol. The van der Waals surface area contributed by atoms with Crippen molar-refractivity contribution in [1.29, 1.82) is 0 Å². The van der Waals surface area contributed by atoms with Gasteiger partial charge >= 0.3 is 5.97 Å². The van der Waals surface area contributed by atoms with Crippen molar-refractivity contribution in [3.05, 3.63) is 0 Å². The number of amides is 1. The number of rotatable bonds is 6. The first kappa shape index (κ1) is 14.9. The first-order chi connectivity index (χ1) is 7.27. The molecule has 0 radical (unpaired) electrons. The predicted octanol–water partition coefficient (Wildman–Crippen LogP) is 1.99. The lowest BCUT2D eigenvalue weighted by Crippen LogP contribution is -2.42. The molecule has 0 fully saturated rings. The van der Waals surface area contributed by atoms with Gasteiger partial charge in [0.05, 0.1) is 6.42 Å². The monoisotopic (exact) mass is 229 g/mol. The molecular weight excluding hydrogens is 206 g/mol. The summed E-state index contributed by atoms with van der Waals surface area (Å²) in [6.45, 7) is 10.0. The Bertz CT molecular complexity index is 249. The Hall–Kier alpha value is -1.06.